The second kappa shape index (κ2) is 6.70. The summed E-state index contributed by atoms with van der Waals surface area (Å²) in [5.74, 6) is -1.75. The third-order valence-electron chi connectivity index (χ3n) is 5.40. The lowest BCUT2D eigenvalue weighted by Crippen LogP contribution is -2.50. The topological polar surface area (TPSA) is 67.4 Å². The maximum Gasteiger partial charge on any atom is 0.242 e. The van der Waals surface area contributed by atoms with E-state index < -0.39 is 23.8 Å². The van der Waals surface area contributed by atoms with Gasteiger partial charge in [0.1, 0.15) is 12.7 Å². The molecule has 146 valence electrons. The largest absolute Gasteiger partial charge is 0.341 e. The molecular weight excluding hydrogens is 359 g/mol. The number of nitrogens with two attached hydrogens (primary N) is 1. The summed E-state index contributed by atoms with van der Waals surface area (Å²) in [6.07, 6.45) is 1.08. The SMILES string of the molecule is CN(C(=O)Cn1c(N2CC[C@@H](F)[C@H](N)C2)nc2cc(F)c(F)cc21)C1CC1. The van der Waals surface area contributed by atoms with Gasteiger partial charge in [0, 0.05) is 38.3 Å². The molecule has 2 N–H and O–H groups in total. The van der Waals surface area contributed by atoms with Gasteiger partial charge in [-0.15, -0.1) is 0 Å². The number of alkyl halides is 1. The molecule has 1 aliphatic heterocycles. The molecule has 1 amide bonds. The summed E-state index contributed by atoms with van der Waals surface area (Å²) in [7, 11) is 1.74. The highest BCUT2D eigenvalue weighted by molar-refractivity contribution is 5.83. The Morgan fingerprint density at radius 1 is 1.30 bits per heavy atom. The van der Waals surface area contributed by atoms with Gasteiger partial charge in [-0.1, -0.05) is 0 Å². The van der Waals surface area contributed by atoms with E-state index in [2.05, 4.69) is 4.98 Å². The lowest BCUT2D eigenvalue weighted by atomic mass is 10.1. The van der Waals surface area contributed by atoms with Gasteiger partial charge in [0.05, 0.1) is 17.1 Å². The van der Waals surface area contributed by atoms with Crippen LogP contribution < -0.4 is 10.6 Å². The van der Waals surface area contributed by atoms with E-state index in [0.717, 1.165) is 25.0 Å². The van der Waals surface area contributed by atoms with E-state index in [1.807, 2.05) is 0 Å². The maximum atomic E-state index is 13.8. The molecule has 9 heteroatoms. The van der Waals surface area contributed by atoms with Gasteiger partial charge in [0.15, 0.2) is 11.6 Å². The van der Waals surface area contributed by atoms with Crippen molar-refractivity contribution in [2.24, 2.45) is 5.73 Å². The van der Waals surface area contributed by atoms with E-state index >= 15 is 0 Å². The van der Waals surface area contributed by atoms with Gasteiger partial charge < -0.3 is 20.1 Å². The molecule has 0 spiro atoms. The van der Waals surface area contributed by atoms with E-state index in [9.17, 15) is 18.0 Å². The average Bonchev–Trinajstić information content (AvgIpc) is 3.42. The summed E-state index contributed by atoms with van der Waals surface area (Å²) in [6.45, 7) is 0.548. The summed E-state index contributed by atoms with van der Waals surface area (Å²) < 4.78 is 42.8. The number of imidazole rings is 1. The van der Waals surface area contributed by atoms with Crippen molar-refractivity contribution >= 4 is 22.9 Å². The zero-order valence-corrected chi connectivity index (χ0v) is 15.0. The molecular formula is C18H22F3N5O. The van der Waals surface area contributed by atoms with E-state index in [0.29, 0.717) is 18.0 Å². The van der Waals surface area contributed by atoms with Crippen molar-refractivity contribution in [2.45, 2.75) is 44.1 Å². The fourth-order valence-corrected chi connectivity index (χ4v) is 3.55. The highest BCUT2D eigenvalue weighted by Crippen LogP contribution is 2.29. The third-order valence-corrected chi connectivity index (χ3v) is 5.40. The normalized spacial score (nSPS) is 23.1. The Balaban J connectivity index is 1.73. The number of piperidine rings is 1. The first-order valence-electron chi connectivity index (χ1n) is 9.10. The molecule has 2 heterocycles. The molecule has 2 aliphatic rings. The van der Waals surface area contributed by atoms with Crippen LogP contribution in [0.2, 0.25) is 0 Å². The maximum absolute atomic E-state index is 13.8. The first-order valence-corrected chi connectivity index (χ1v) is 9.10. The number of halogens is 3. The third kappa shape index (κ3) is 3.36. The fraction of sp³-hybridized carbons (Fsp3) is 0.556. The van der Waals surface area contributed by atoms with Gasteiger partial charge in [0.25, 0.3) is 0 Å². The smallest absolute Gasteiger partial charge is 0.242 e. The summed E-state index contributed by atoms with van der Waals surface area (Å²) in [5.41, 5.74) is 6.43. The molecule has 2 fully saturated rings. The number of aromatic nitrogens is 2. The van der Waals surface area contributed by atoms with Crippen molar-refractivity contribution in [3.05, 3.63) is 23.8 Å². The van der Waals surface area contributed by atoms with Gasteiger partial charge in [-0.25, -0.2) is 18.2 Å². The Morgan fingerprint density at radius 3 is 2.67 bits per heavy atom. The predicted molar refractivity (Wildman–Crippen MR) is 95.1 cm³/mol. The van der Waals surface area contributed by atoms with Gasteiger partial charge >= 0.3 is 0 Å². The number of rotatable bonds is 4. The van der Waals surface area contributed by atoms with Crippen LogP contribution in [0.25, 0.3) is 11.0 Å². The Kier molecular flexibility index (Phi) is 4.49. The van der Waals surface area contributed by atoms with E-state index in [-0.39, 0.29) is 37.0 Å². The number of hydrogen-bond donors (Lipinski definition) is 1. The standard InChI is InChI=1S/C18H22F3N5O/c1-24(10-2-3-10)17(27)9-26-16-7-13(21)12(20)6-15(16)23-18(26)25-5-4-11(19)14(22)8-25/h6-7,10-11,14H,2-5,8-9,22H2,1H3/t11-,14-/m1/s1. The molecule has 0 bridgehead atoms. The summed E-state index contributed by atoms with van der Waals surface area (Å²) in [5, 5.41) is 0. The minimum Gasteiger partial charge on any atom is -0.341 e. The number of carbonyl (C=O) groups is 1. The molecule has 0 radical (unpaired) electrons. The monoisotopic (exact) mass is 381 g/mol. The lowest BCUT2D eigenvalue weighted by Gasteiger charge is -2.34. The number of amides is 1. The van der Waals surface area contributed by atoms with Crippen LogP contribution in [0.15, 0.2) is 12.1 Å². The minimum atomic E-state index is -1.10. The van der Waals surface area contributed by atoms with E-state index in [1.165, 1.54) is 0 Å². The number of fused-ring (bicyclic) bond motifs is 1. The Labute approximate surface area is 154 Å². The van der Waals surface area contributed by atoms with Crippen LogP contribution in [0, 0.1) is 11.6 Å². The number of hydrogen-bond acceptors (Lipinski definition) is 4. The number of nitrogens with zero attached hydrogens (tertiary/aromatic N) is 4. The zero-order valence-electron chi connectivity index (χ0n) is 15.0. The molecule has 1 aromatic heterocycles. The van der Waals surface area contributed by atoms with Crippen LogP contribution in [0.5, 0.6) is 0 Å². The van der Waals surface area contributed by atoms with Crippen LogP contribution in [0.3, 0.4) is 0 Å². The number of anilines is 1. The van der Waals surface area contributed by atoms with Gasteiger partial charge in [-0.3, -0.25) is 4.79 Å². The van der Waals surface area contributed by atoms with Crippen molar-refractivity contribution in [3.63, 3.8) is 0 Å². The first kappa shape index (κ1) is 18.1. The molecule has 27 heavy (non-hydrogen) atoms. The molecule has 2 aromatic rings. The molecule has 4 rings (SSSR count). The van der Waals surface area contributed by atoms with Crippen molar-refractivity contribution in [1.29, 1.82) is 0 Å². The minimum absolute atomic E-state index is 0.0469. The Bertz CT molecular complexity index is 881. The molecule has 0 unspecified atom stereocenters. The molecule has 1 saturated heterocycles. The summed E-state index contributed by atoms with van der Waals surface area (Å²) in [4.78, 5) is 20.5. The molecule has 1 aromatic carbocycles. The lowest BCUT2D eigenvalue weighted by molar-refractivity contribution is -0.130. The Morgan fingerprint density at radius 2 is 2.00 bits per heavy atom. The number of benzene rings is 1. The van der Waals surface area contributed by atoms with Crippen molar-refractivity contribution in [3.8, 4) is 0 Å². The second-order valence-electron chi connectivity index (χ2n) is 7.40. The quantitative estimate of drug-likeness (QED) is 0.877. The highest BCUT2D eigenvalue weighted by atomic mass is 19.2. The number of likely N-dealkylation sites (N-methyl/N-ethyl adjacent to an activating group) is 1. The van der Waals surface area contributed by atoms with Crippen LogP contribution in [0.4, 0.5) is 19.1 Å². The van der Waals surface area contributed by atoms with Gasteiger partial charge in [-0.05, 0) is 19.3 Å². The average molecular weight is 381 g/mol. The van der Waals surface area contributed by atoms with E-state index in [4.69, 9.17) is 5.73 Å². The molecule has 6 nitrogen and oxygen atoms in total. The summed E-state index contributed by atoms with van der Waals surface area (Å²) in [6, 6.07) is 1.63. The number of carbonyl (C=O) groups excluding carboxylic acids is 1. The molecule has 2 atom stereocenters. The Hall–Kier alpha value is -2.29. The predicted octanol–water partition coefficient (Wildman–Crippen LogP) is 1.81. The molecule has 1 saturated carbocycles. The van der Waals surface area contributed by atoms with Crippen molar-refractivity contribution in [2.75, 3.05) is 25.0 Å². The van der Waals surface area contributed by atoms with Gasteiger partial charge in [0.2, 0.25) is 11.9 Å². The van der Waals surface area contributed by atoms with Crippen molar-refractivity contribution in [1.82, 2.24) is 14.5 Å². The second-order valence-corrected chi connectivity index (χ2v) is 7.40. The van der Waals surface area contributed by atoms with E-state index in [1.54, 1.807) is 21.4 Å². The highest BCUT2D eigenvalue weighted by Gasteiger charge is 2.32. The molecule has 1 aliphatic carbocycles. The van der Waals surface area contributed by atoms with Crippen LogP contribution >= 0.6 is 0 Å². The zero-order chi connectivity index (χ0) is 19.3. The van der Waals surface area contributed by atoms with Gasteiger partial charge in [-0.2, -0.15) is 0 Å². The van der Waals surface area contributed by atoms with Crippen molar-refractivity contribution < 1.29 is 18.0 Å². The van der Waals surface area contributed by atoms with Crippen LogP contribution in [-0.2, 0) is 11.3 Å². The fourth-order valence-electron chi connectivity index (χ4n) is 3.55. The summed E-state index contributed by atoms with van der Waals surface area (Å²) >= 11 is 0. The first-order chi connectivity index (χ1) is 12.8. The van der Waals surface area contributed by atoms with Crippen LogP contribution in [-0.4, -0.2) is 58.8 Å². The van der Waals surface area contributed by atoms with Crippen LogP contribution in [0.1, 0.15) is 19.3 Å².